The molecular weight excluding hydrogens is 582 g/mol. The minimum atomic E-state index is -0.608. The molecule has 6 rings (SSSR count). The number of alkyl carbamates (subject to hydrolysis) is 1. The number of imidazole rings is 1. The normalized spacial score (nSPS) is 15.3. The van der Waals surface area contributed by atoms with Gasteiger partial charge in [0.25, 0.3) is 5.56 Å². The van der Waals surface area contributed by atoms with Crippen LogP contribution < -0.4 is 21.5 Å². The van der Waals surface area contributed by atoms with Gasteiger partial charge in [-0.3, -0.25) is 23.5 Å². The molecule has 11 nitrogen and oxygen atoms in total. The minimum Gasteiger partial charge on any atom is -0.444 e. The molecule has 1 atom stereocenters. The number of amides is 1. The quantitative estimate of drug-likeness (QED) is 0.227. The number of rotatable bonds is 5. The van der Waals surface area contributed by atoms with Crippen molar-refractivity contribution < 1.29 is 9.53 Å². The van der Waals surface area contributed by atoms with Crippen molar-refractivity contribution in [1.82, 2.24) is 29.0 Å². The summed E-state index contributed by atoms with van der Waals surface area (Å²) in [6.07, 6.45) is 1.11. The maximum atomic E-state index is 14.3. The minimum absolute atomic E-state index is 0.00257. The van der Waals surface area contributed by atoms with Crippen molar-refractivity contribution in [3.63, 3.8) is 0 Å². The topological polar surface area (TPSA) is 116 Å². The number of nitrogens with one attached hydrogen (secondary N) is 1. The zero-order valence-electron chi connectivity index (χ0n) is 27.2. The van der Waals surface area contributed by atoms with E-state index in [4.69, 9.17) is 14.7 Å². The highest BCUT2D eigenvalue weighted by atomic mass is 16.6. The average Bonchev–Trinajstić information content (AvgIpc) is 3.40. The highest BCUT2D eigenvalue weighted by molar-refractivity contribution is 6.08. The number of pyridine rings is 1. The molecule has 46 heavy (non-hydrogen) atoms. The van der Waals surface area contributed by atoms with E-state index in [9.17, 15) is 14.4 Å². The van der Waals surface area contributed by atoms with Gasteiger partial charge in [-0.1, -0.05) is 42.3 Å². The van der Waals surface area contributed by atoms with Crippen LogP contribution in [0.15, 0.2) is 52.1 Å². The lowest BCUT2D eigenvalue weighted by atomic mass is 10.0. The molecule has 0 radical (unpaired) electrons. The molecule has 1 amide bonds. The van der Waals surface area contributed by atoms with Crippen LogP contribution in [0.4, 0.5) is 10.7 Å². The third kappa shape index (κ3) is 5.71. The molecule has 0 saturated carbocycles. The molecule has 0 aliphatic carbocycles. The Balaban J connectivity index is 1.45. The van der Waals surface area contributed by atoms with Gasteiger partial charge in [-0.05, 0) is 64.5 Å². The van der Waals surface area contributed by atoms with Gasteiger partial charge in [0.1, 0.15) is 5.60 Å². The molecule has 11 heteroatoms. The van der Waals surface area contributed by atoms with Crippen molar-refractivity contribution in [2.45, 2.75) is 72.2 Å². The summed E-state index contributed by atoms with van der Waals surface area (Å²) in [5.74, 6) is 6.53. The molecule has 1 aliphatic heterocycles. The second-order valence-corrected chi connectivity index (χ2v) is 12.8. The fourth-order valence-corrected chi connectivity index (χ4v) is 6.32. The van der Waals surface area contributed by atoms with Crippen LogP contribution in [0.2, 0.25) is 0 Å². The molecule has 0 bridgehead atoms. The van der Waals surface area contributed by atoms with Crippen LogP contribution in [0.25, 0.3) is 32.8 Å². The van der Waals surface area contributed by atoms with Crippen molar-refractivity contribution >= 4 is 44.9 Å². The average molecular weight is 622 g/mol. The van der Waals surface area contributed by atoms with Crippen molar-refractivity contribution in [2.24, 2.45) is 7.05 Å². The van der Waals surface area contributed by atoms with E-state index < -0.39 is 22.9 Å². The molecule has 238 valence electrons. The number of aromatic nitrogens is 5. The van der Waals surface area contributed by atoms with E-state index in [0.717, 1.165) is 40.1 Å². The van der Waals surface area contributed by atoms with Crippen LogP contribution in [0, 0.1) is 18.8 Å². The molecule has 4 heterocycles. The number of fused-ring (bicyclic) bond motifs is 4. The molecule has 1 saturated heterocycles. The van der Waals surface area contributed by atoms with Gasteiger partial charge >= 0.3 is 11.8 Å². The monoisotopic (exact) mass is 621 g/mol. The highest BCUT2D eigenvalue weighted by Crippen LogP contribution is 2.29. The summed E-state index contributed by atoms with van der Waals surface area (Å²) in [5, 5.41) is 5.94. The summed E-state index contributed by atoms with van der Waals surface area (Å²) in [5.41, 5.74) is 1.60. The van der Waals surface area contributed by atoms with Crippen LogP contribution in [-0.2, 0) is 24.9 Å². The van der Waals surface area contributed by atoms with Gasteiger partial charge in [0, 0.05) is 37.0 Å². The van der Waals surface area contributed by atoms with E-state index in [1.54, 1.807) is 18.5 Å². The molecule has 1 aliphatic rings. The molecule has 5 aromatic rings. The van der Waals surface area contributed by atoms with Crippen molar-refractivity contribution in [3.8, 4) is 11.8 Å². The lowest BCUT2D eigenvalue weighted by Gasteiger charge is -2.34. The van der Waals surface area contributed by atoms with Gasteiger partial charge in [-0.15, -0.1) is 5.92 Å². The fraction of sp³-hybridized carbons (Fsp3) is 0.400. The molecular formula is C35H39N7O4. The maximum Gasteiger partial charge on any atom is 0.407 e. The van der Waals surface area contributed by atoms with E-state index in [0.29, 0.717) is 30.2 Å². The Hall–Kier alpha value is -5.11. The van der Waals surface area contributed by atoms with Crippen LogP contribution in [-0.4, -0.2) is 54.5 Å². The lowest BCUT2D eigenvalue weighted by molar-refractivity contribution is 0.0499. The second kappa shape index (κ2) is 12.0. The first-order chi connectivity index (χ1) is 22.0. The SMILES string of the molecule is CC#CCn1c(N2CCC[C@@H](NC(=O)OC(C)(C)C)C2)nc2c1c(=O)n(Cc1nc3cccc(C)c3c3ccccc13)c(=O)n2C. The number of ether oxygens (including phenoxy) is 1. The first-order valence-electron chi connectivity index (χ1n) is 15.6. The largest absolute Gasteiger partial charge is 0.444 e. The van der Waals surface area contributed by atoms with Crippen LogP contribution in [0.1, 0.15) is 51.8 Å². The molecule has 3 aromatic heterocycles. The van der Waals surface area contributed by atoms with E-state index in [1.807, 2.05) is 62.1 Å². The summed E-state index contributed by atoms with van der Waals surface area (Å²) < 4.78 is 9.92. The van der Waals surface area contributed by atoms with Crippen molar-refractivity contribution in [2.75, 3.05) is 18.0 Å². The molecule has 0 unspecified atom stereocenters. The lowest BCUT2D eigenvalue weighted by Crippen LogP contribution is -2.49. The zero-order valence-corrected chi connectivity index (χ0v) is 27.2. The van der Waals surface area contributed by atoms with Gasteiger partial charge in [-0.2, -0.15) is 4.98 Å². The maximum absolute atomic E-state index is 14.3. The predicted octanol–water partition coefficient (Wildman–Crippen LogP) is 4.47. The predicted molar refractivity (Wildman–Crippen MR) is 180 cm³/mol. The van der Waals surface area contributed by atoms with E-state index in [-0.39, 0.29) is 24.8 Å². The number of anilines is 1. The second-order valence-electron chi connectivity index (χ2n) is 12.8. The molecule has 1 fully saturated rings. The van der Waals surface area contributed by atoms with Crippen LogP contribution in [0.5, 0.6) is 0 Å². The Labute approximate surface area is 266 Å². The number of nitrogens with zero attached hydrogens (tertiary/aromatic N) is 6. The third-order valence-electron chi connectivity index (χ3n) is 8.37. The third-order valence-corrected chi connectivity index (χ3v) is 8.37. The first-order valence-corrected chi connectivity index (χ1v) is 15.6. The van der Waals surface area contributed by atoms with Crippen LogP contribution in [0.3, 0.4) is 0 Å². The molecule has 0 spiro atoms. The van der Waals surface area contributed by atoms with Crippen LogP contribution >= 0.6 is 0 Å². The van der Waals surface area contributed by atoms with E-state index in [2.05, 4.69) is 30.1 Å². The highest BCUT2D eigenvalue weighted by Gasteiger charge is 2.29. The first kappa shape index (κ1) is 30.9. The van der Waals surface area contributed by atoms with Crippen molar-refractivity contribution in [1.29, 1.82) is 0 Å². The number of hydrogen-bond acceptors (Lipinski definition) is 7. The number of carbonyl (C=O) groups is 1. The smallest absolute Gasteiger partial charge is 0.407 e. The summed E-state index contributed by atoms with van der Waals surface area (Å²) >= 11 is 0. The number of hydrogen-bond donors (Lipinski definition) is 1. The summed E-state index contributed by atoms with van der Waals surface area (Å²) in [7, 11) is 1.63. The number of carbonyl (C=O) groups excluding carboxylic acids is 1. The molecule has 2 aromatic carbocycles. The molecule has 1 N–H and O–H groups in total. The van der Waals surface area contributed by atoms with Gasteiger partial charge in [0.05, 0.1) is 24.3 Å². The van der Waals surface area contributed by atoms with Gasteiger partial charge < -0.3 is 15.0 Å². The Morgan fingerprint density at radius 1 is 1.07 bits per heavy atom. The standard InChI is InChI=1S/C35H39N7O4/c1-7-8-19-41-29-30(38-32(41)40-18-12-14-23(20-40)36-33(44)46-35(3,4)5)39(6)34(45)42(31(29)43)21-27-24-15-9-10-16-25(24)28-22(2)13-11-17-26(28)37-27/h9-11,13,15-17,23H,12,14,18-21H2,1-6H3,(H,36,44)/t23-/m1/s1. The van der Waals surface area contributed by atoms with E-state index in [1.165, 1.54) is 9.13 Å². The fourth-order valence-electron chi connectivity index (χ4n) is 6.32. The van der Waals surface area contributed by atoms with Gasteiger partial charge in [0.15, 0.2) is 11.2 Å². The van der Waals surface area contributed by atoms with Gasteiger partial charge in [-0.25, -0.2) is 9.59 Å². The number of piperidine rings is 1. The summed E-state index contributed by atoms with van der Waals surface area (Å²) in [6, 6.07) is 13.8. The summed E-state index contributed by atoms with van der Waals surface area (Å²) in [4.78, 5) is 52.5. The summed E-state index contributed by atoms with van der Waals surface area (Å²) in [6.45, 7) is 10.6. The number of benzene rings is 2. The zero-order chi connectivity index (χ0) is 32.7. The Morgan fingerprint density at radius 3 is 2.57 bits per heavy atom. The number of aryl methyl sites for hydroxylation is 2. The van der Waals surface area contributed by atoms with Crippen molar-refractivity contribution in [3.05, 3.63) is 74.6 Å². The van der Waals surface area contributed by atoms with E-state index >= 15 is 0 Å². The van der Waals surface area contributed by atoms with Gasteiger partial charge in [0.2, 0.25) is 5.95 Å². The Kier molecular flexibility index (Phi) is 8.06. The Morgan fingerprint density at radius 2 is 1.83 bits per heavy atom. The Bertz CT molecular complexity index is 2180.